The molecule has 0 aliphatic carbocycles. The van der Waals surface area contributed by atoms with Crippen LogP contribution in [0.4, 0.5) is 0 Å². The summed E-state index contributed by atoms with van der Waals surface area (Å²) in [5.41, 5.74) is 0.571. The fourth-order valence-corrected chi connectivity index (χ4v) is 3.56. The SMILES string of the molecule is COc1cc(OC)cc(C(=O)NC2CCN(CC3CCOC3)CC2)c1. The van der Waals surface area contributed by atoms with Crippen molar-refractivity contribution in [1.29, 1.82) is 0 Å². The number of ether oxygens (including phenoxy) is 3. The molecule has 6 nitrogen and oxygen atoms in total. The molecular formula is C19H28N2O4. The Bertz CT molecular complexity index is 557. The second kappa shape index (κ2) is 8.54. The first-order valence-electron chi connectivity index (χ1n) is 9.02. The van der Waals surface area contributed by atoms with Crippen LogP contribution in [-0.2, 0) is 4.74 Å². The van der Waals surface area contributed by atoms with E-state index in [1.807, 2.05) is 0 Å². The Kier molecular flexibility index (Phi) is 6.15. The molecule has 0 bridgehead atoms. The lowest BCUT2D eigenvalue weighted by Crippen LogP contribution is -2.45. The Morgan fingerprint density at radius 3 is 2.40 bits per heavy atom. The van der Waals surface area contributed by atoms with Crippen molar-refractivity contribution in [2.24, 2.45) is 5.92 Å². The molecular weight excluding hydrogens is 320 g/mol. The number of piperidine rings is 1. The summed E-state index contributed by atoms with van der Waals surface area (Å²) in [6.07, 6.45) is 3.15. The van der Waals surface area contributed by atoms with Gasteiger partial charge in [0.05, 0.1) is 20.8 Å². The molecule has 2 saturated heterocycles. The van der Waals surface area contributed by atoms with Crippen LogP contribution < -0.4 is 14.8 Å². The lowest BCUT2D eigenvalue weighted by Gasteiger charge is -2.33. The molecule has 6 heteroatoms. The number of carbonyl (C=O) groups excluding carboxylic acids is 1. The number of methoxy groups -OCH3 is 2. The van der Waals surface area contributed by atoms with Gasteiger partial charge in [-0.15, -0.1) is 0 Å². The fraction of sp³-hybridized carbons (Fsp3) is 0.632. The van der Waals surface area contributed by atoms with Crippen molar-refractivity contribution < 1.29 is 19.0 Å². The summed E-state index contributed by atoms with van der Waals surface area (Å²) < 4.78 is 15.9. The van der Waals surface area contributed by atoms with Gasteiger partial charge in [0, 0.05) is 43.9 Å². The van der Waals surface area contributed by atoms with Gasteiger partial charge in [0.15, 0.2) is 0 Å². The highest BCUT2D eigenvalue weighted by Gasteiger charge is 2.25. The van der Waals surface area contributed by atoms with E-state index in [0.717, 1.165) is 45.7 Å². The zero-order valence-corrected chi connectivity index (χ0v) is 15.1. The standard InChI is InChI=1S/C19H28N2O4/c1-23-17-9-15(10-18(11-17)24-2)19(22)20-16-3-6-21(7-4-16)12-14-5-8-25-13-14/h9-11,14,16H,3-8,12-13H2,1-2H3,(H,20,22). The summed E-state index contributed by atoms with van der Waals surface area (Å²) in [6, 6.07) is 5.48. The number of hydrogen-bond donors (Lipinski definition) is 1. The Labute approximate surface area is 149 Å². The summed E-state index contributed by atoms with van der Waals surface area (Å²) in [4.78, 5) is 15.1. The number of rotatable bonds is 6. The minimum atomic E-state index is -0.0696. The Hall–Kier alpha value is -1.79. The van der Waals surface area contributed by atoms with Crippen molar-refractivity contribution in [3.63, 3.8) is 0 Å². The maximum atomic E-state index is 12.6. The molecule has 3 rings (SSSR count). The third-order valence-corrected chi connectivity index (χ3v) is 5.08. The fourth-order valence-electron chi connectivity index (χ4n) is 3.56. The second-order valence-corrected chi connectivity index (χ2v) is 6.88. The molecule has 0 spiro atoms. The van der Waals surface area contributed by atoms with Gasteiger partial charge in [-0.25, -0.2) is 0 Å². The van der Waals surface area contributed by atoms with Crippen LogP contribution in [0, 0.1) is 5.92 Å². The van der Waals surface area contributed by atoms with Gasteiger partial charge in [-0.05, 0) is 37.3 Å². The minimum absolute atomic E-state index is 0.0696. The van der Waals surface area contributed by atoms with E-state index in [2.05, 4.69) is 10.2 Å². The molecule has 2 aliphatic heterocycles. The van der Waals surface area contributed by atoms with E-state index in [4.69, 9.17) is 14.2 Å². The van der Waals surface area contributed by atoms with E-state index >= 15 is 0 Å². The molecule has 2 heterocycles. The number of benzene rings is 1. The van der Waals surface area contributed by atoms with Crippen LogP contribution in [-0.4, -0.2) is 63.9 Å². The van der Waals surface area contributed by atoms with Gasteiger partial charge >= 0.3 is 0 Å². The normalized spacial score (nSPS) is 21.9. The highest BCUT2D eigenvalue weighted by atomic mass is 16.5. The summed E-state index contributed by atoms with van der Waals surface area (Å²) in [7, 11) is 3.17. The largest absolute Gasteiger partial charge is 0.497 e. The van der Waals surface area contributed by atoms with Gasteiger partial charge in [0.25, 0.3) is 5.91 Å². The van der Waals surface area contributed by atoms with Gasteiger partial charge in [-0.2, -0.15) is 0 Å². The van der Waals surface area contributed by atoms with Crippen LogP contribution in [0.5, 0.6) is 11.5 Å². The molecule has 1 aromatic rings. The monoisotopic (exact) mass is 348 g/mol. The molecule has 25 heavy (non-hydrogen) atoms. The summed E-state index contributed by atoms with van der Waals surface area (Å²) in [5, 5.41) is 3.15. The van der Waals surface area contributed by atoms with Crippen LogP contribution in [0.15, 0.2) is 18.2 Å². The van der Waals surface area contributed by atoms with Gasteiger partial charge < -0.3 is 24.4 Å². The molecule has 1 aromatic carbocycles. The van der Waals surface area contributed by atoms with E-state index in [-0.39, 0.29) is 11.9 Å². The molecule has 2 fully saturated rings. The second-order valence-electron chi connectivity index (χ2n) is 6.88. The molecule has 0 radical (unpaired) electrons. The average molecular weight is 348 g/mol. The van der Waals surface area contributed by atoms with Gasteiger partial charge in [0.1, 0.15) is 11.5 Å². The van der Waals surface area contributed by atoms with E-state index in [1.54, 1.807) is 32.4 Å². The molecule has 0 saturated carbocycles. The Morgan fingerprint density at radius 2 is 1.84 bits per heavy atom. The van der Waals surface area contributed by atoms with Crippen molar-refractivity contribution in [2.45, 2.75) is 25.3 Å². The number of nitrogens with zero attached hydrogens (tertiary/aromatic N) is 1. The van der Waals surface area contributed by atoms with E-state index in [9.17, 15) is 4.79 Å². The molecule has 1 unspecified atom stereocenters. The van der Waals surface area contributed by atoms with Crippen LogP contribution in [0.1, 0.15) is 29.6 Å². The van der Waals surface area contributed by atoms with Crippen molar-refractivity contribution in [2.75, 3.05) is 47.1 Å². The summed E-state index contributed by atoms with van der Waals surface area (Å²) >= 11 is 0. The van der Waals surface area contributed by atoms with E-state index in [0.29, 0.717) is 23.0 Å². The van der Waals surface area contributed by atoms with E-state index in [1.165, 1.54) is 6.42 Å². The van der Waals surface area contributed by atoms with Gasteiger partial charge in [-0.3, -0.25) is 4.79 Å². The molecule has 1 N–H and O–H groups in total. The highest BCUT2D eigenvalue weighted by Crippen LogP contribution is 2.23. The van der Waals surface area contributed by atoms with Gasteiger partial charge in [0.2, 0.25) is 0 Å². The summed E-state index contributed by atoms with van der Waals surface area (Å²) in [6.45, 7) is 4.98. The van der Waals surface area contributed by atoms with Crippen LogP contribution >= 0.6 is 0 Å². The number of carbonyl (C=O) groups is 1. The predicted molar refractivity (Wildman–Crippen MR) is 95.4 cm³/mol. The lowest BCUT2D eigenvalue weighted by atomic mass is 10.0. The lowest BCUT2D eigenvalue weighted by molar-refractivity contribution is 0.0902. The maximum Gasteiger partial charge on any atom is 0.251 e. The smallest absolute Gasteiger partial charge is 0.251 e. The quantitative estimate of drug-likeness (QED) is 0.851. The van der Waals surface area contributed by atoms with Crippen molar-refractivity contribution in [3.8, 4) is 11.5 Å². The first kappa shape index (κ1) is 18.0. The van der Waals surface area contributed by atoms with Crippen LogP contribution in [0.3, 0.4) is 0 Å². The molecule has 1 atom stereocenters. The van der Waals surface area contributed by atoms with Crippen molar-refractivity contribution in [3.05, 3.63) is 23.8 Å². The first-order valence-corrected chi connectivity index (χ1v) is 9.02. The average Bonchev–Trinajstić information content (AvgIpc) is 3.15. The molecule has 0 aromatic heterocycles. The number of amides is 1. The zero-order chi connectivity index (χ0) is 17.6. The number of likely N-dealkylation sites (tertiary alicyclic amines) is 1. The third kappa shape index (κ3) is 4.86. The van der Waals surface area contributed by atoms with Crippen molar-refractivity contribution >= 4 is 5.91 Å². The summed E-state index contributed by atoms with van der Waals surface area (Å²) in [5.74, 6) is 1.85. The van der Waals surface area contributed by atoms with Gasteiger partial charge in [-0.1, -0.05) is 0 Å². The predicted octanol–water partition coefficient (Wildman–Crippen LogP) is 1.93. The third-order valence-electron chi connectivity index (χ3n) is 5.08. The van der Waals surface area contributed by atoms with Crippen LogP contribution in [0.2, 0.25) is 0 Å². The first-order chi connectivity index (χ1) is 12.2. The van der Waals surface area contributed by atoms with Crippen LogP contribution in [0.25, 0.3) is 0 Å². The molecule has 138 valence electrons. The highest BCUT2D eigenvalue weighted by molar-refractivity contribution is 5.95. The Balaban J connectivity index is 1.50. The number of nitrogens with one attached hydrogen (secondary N) is 1. The van der Waals surface area contributed by atoms with E-state index < -0.39 is 0 Å². The molecule has 2 aliphatic rings. The molecule has 1 amide bonds. The Morgan fingerprint density at radius 1 is 1.16 bits per heavy atom. The topological polar surface area (TPSA) is 60.0 Å². The van der Waals surface area contributed by atoms with Crippen molar-refractivity contribution in [1.82, 2.24) is 10.2 Å². The maximum absolute atomic E-state index is 12.6. The minimum Gasteiger partial charge on any atom is -0.497 e. The zero-order valence-electron chi connectivity index (χ0n) is 15.1. The number of hydrogen-bond acceptors (Lipinski definition) is 5.